The Morgan fingerprint density at radius 2 is 2.12 bits per heavy atom. The van der Waals surface area contributed by atoms with E-state index in [1.165, 1.54) is 0 Å². The maximum Gasteiger partial charge on any atom is 0.127 e. The lowest BCUT2D eigenvalue weighted by Gasteiger charge is -2.28. The van der Waals surface area contributed by atoms with Gasteiger partial charge in [-0.3, -0.25) is 0 Å². The molecule has 94 valence electrons. The molecule has 0 radical (unpaired) electrons. The van der Waals surface area contributed by atoms with E-state index in [2.05, 4.69) is 15.6 Å². The number of aromatic nitrogens is 1. The monoisotopic (exact) mass is 235 g/mol. The average molecular weight is 235 g/mol. The van der Waals surface area contributed by atoms with Crippen LogP contribution in [0.3, 0.4) is 0 Å². The standard InChI is InChI=1S/C13H21N3O/c1-14-13-8-12(6-7-15-13)16-11-4-2-10(9-17)3-5-11/h6-8,10-11,17H,2-5,9H2,1H3,(H2,14,15,16). The van der Waals surface area contributed by atoms with Crippen LogP contribution >= 0.6 is 0 Å². The molecule has 0 spiro atoms. The van der Waals surface area contributed by atoms with Crippen LogP contribution in [0.25, 0.3) is 0 Å². The van der Waals surface area contributed by atoms with E-state index in [1.54, 1.807) is 0 Å². The van der Waals surface area contributed by atoms with Gasteiger partial charge in [0.05, 0.1) is 0 Å². The number of nitrogens with zero attached hydrogens (tertiary/aromatic N) is 1. The number of rotatable bonds is 4. The van der Waals surface area contributed by atoms with E-state index >= 15 is 0 Å². The molecule has 1 aromatic rings. The molecule has 1 saturated carbocycles. The summed E-state index contributed by atoms with van der Waals surface area (Å²) in [6.45, 7) is 0.339. The molecule has 1 aromatic heterocycles. The second kappa shape index (κ2) is 5.87. The first-order valence-corrected chi connectivity index (χ1v) is 6.33. The van der Waals surface area contributed by atoms with Crippen molar-refractivity contribution in [2.75, 3.05) is 24.3 Å². The van der Waals surface area contributed by atoms with E-state index in [1.807, 2.05) is 25.4 Å². The lowest BCUT2D eigenvalue weighted by molar-refractivity contribution is 0.186. The van der Waals surface area contributed by atoms with Gasteiger partial charge < -0.3 is 15.7 Å². The Kier molecular flexibility index (Phi) is 4.20. The number of pyridine rings is 1. The molecule has 1 aliphatic carbocycles. The molecule has 4 heteroatoms. The molecule has 0 aliphatic heterocycles. The molecular weight excluding hydrogens is 214 g/mol. The van der Waals surface area contributed by atoms with Crippen LogP contribution in [0.15, 0.2) is 18.3 Å². The second-order valence-electron chi connectivity index (χ2n) is 4.72. The third kappa shape index (κ3) is 3.33. The van der Waals surface area contributed by atoms with Crippen molar-refractivity contribution in [1.82, 2.24) is 4.98 Å². The fourth-order valence-corrected chi connectivity index (χ4v) is 2.38. The number of hydrogen-bond donors (Lipinski definition) is 3. The highest BCUT2D eigenvalue weighted by molar-refractivity contribution is 5.52. The summed E-state index contributed by atoms with van der Waals surface area (Å²) in [5, 5.41) is 15.7. The Morgan fingerprint density at radius 1 is 1.35 bits per heavy atom. The van der Waals surface area contributed by atoms with Crippen molar-refractivity contribution in [3.8, 4) is 0 Å². The molecule has 1 heterocycles. The normalized spacial score (nSPS) is 24.4. The van der Waals surface area contributed by atoms with Gasteiger partial charge >= 0.3 is 0 Å². The van der Waals surface area contributed by atoms with E-state index in [-0.39, 0.29) is 0 Å². The number of nitrogens with one attached hydrogen (secondary N) is 2. The molecule has 0 aromatic carbocycles. The fourth-order valence-electron chi connectivity index (χ4n) is 2.38. The van der Waals surface area contributed by atoms with E-state index in [9.17, 15) is 0 Å². The molecule has 0 saturated heterocycles. The first-order valence-electron chi connectivity index (χ1n) is 6.33. The van der Waals surface area contributed by atoms with Gasteiger partial charge in [-0.05, 0) is 37.7 Å². The molecule has 0 bridgehead atoms. The molecular formula is C13H21N3O. The van der Waals surface area contributed by atoms with Crippen LogP contribution in [0.4, 0.5) is 11.5 Å². The predicted octanol–water partition coefficient (Wildman–Crippen LogP) is 2.09. The van der Waals surface area contributed by atoms with Crippen LogP contribution in [0.2, 0.25) is 0 Å². The average Bonchev–Trinajstić information content (AvgIpc) is 2.40. The zero-order chi connectivity index (χ0) is 12.1. The quantitative estimate of drug-likeness (QED) is 0.748. The highest BCUT2D eigenvalue weighted by atomic mass is 16.3. The van der Waals surface area contributed by atoms with Crippen molar-refractivity contribution in [3.05, 3.63) is 18.3 Å². The number of aliphatic hydroxyl groups is 1. The van der Waals surface area contributed by atoms with Gasteiger partial charge in [0, 0.05) is 37.6 Å². The largest absolute Gasteiger partial charge is 0.396 e. The first kappa shape index (κ1) is 12.2. The molecule has 17 heavy (non-hydrogen) atoms. The van der Waals surface area contributed by atoms with Gasteiger partial charge in [0.25, 0.3) is 0 Å². The van der Waals surface area contributed by atoms with E-state index in [4.69, 9.17) is 5.11 Å². The van der Waals surface area contributed by atoms with Crippen LogP contribution in [0.1, 0.15) is 25.7 Å². The molecule has 2 rings (SSSR count). The summed E-state index contributed by atoms with van der Waals surface area (Å²) in [4.78, 5) is 4.19. The lowest BCUT2D eigenvalue weighted by Crippen LogP contribution is -2.27. The Bertz CT molecular complexity index is 348. The third-order valence-electron chi connectivity index (χ3n) is 3.49. The van der Waals surface area contributed by atoms with Gasteiger partial charge in [-0.1, -0.05) is 0 Å². The van der Waals surface area contributed by atoms with Crippen molar-refractivity contribution in [1.29, 1.82) is 0 Å². The van der Waals surface area contributed by atoms with Gasteiger partial charge in [0.1, 0.15) is 5.82 Å². The maximum absolute atomic E-state index is 9.10. The Morgan fingerprint density at radius 3 is 2.76 bits per heavy atom. The van der Waals surface area contributed by atoms with Crippen LogP contribution in [0.5, 0.6) is 0 Å². The summed E-state index contributed by atoms with van der Waals surface area (Å²) in [6.07, 6.45) is 6.34. The van der Waals surface area contributed by atoms with E-state index in [0.717, 1.165) is 37.2 Å². The van der Waals surface area contributed by atoms with Crippen LogP contribution < -0.4 is 10.6 Å². The van der Waals surface area contributed by atoms with Crippen molar-refractivity contribution in [2.45, 2.75) is 31.7 Å². The van der Waals surface area contributed by atoms with Gasteiger partial charge in [0.2, 0.25) is 0 Å². The summed E-state index contributed by atoms with van der Waals surface area (Å²) in [5.41, 5.74) is 1.12. The first-order chi connectivity index (χ1) is 8.31. The smallest absolute Gasteiger partial charge is 0.127 e. The highest BCUT2D eigenvalue weighted by Gasteiger charge is 2.20. The van der Waals surface area contributed by atoms with Crippen molar-refractivity contribution < 1.29 is 5.11 Å². The van der Waals surface area contributed by atoms with Crippen LogP contribution in [0, 0.1) is 5.92 Å². The summed E-state index contributed by atoms with van der Waals surface area (Å²) < 4.78 is 0. The molecule has 3 N–H and O–H groups in total. The second-order valence-corrected chi connectivity index (χ2v) is 4.72. The van der Waals surface area contributed by atoms with Crippen LogP contribution in [-0.2, 0) is 0 Å². The topological polar surface area (TPSA) is 57.2 Å². The molecule has 1 aliphatic rings. The predicted molar refractivity (Wildman–Crippen MR) is 70.2 cm³/mol. The van der Waals surface area contributed by atoms with Crippen molar-refractivity contribution in [2.24, 2.45) is 5.92 Å². The number of aliphatic hydroxyl groups excluding tert-OH is 1. The Labute approximate surface area is 102 Å². The SMILES string of the molecule is CNc1cc(NC2CCC(CO)CC2)ccn1. The summed E-state index contributed by atoms with van der Waals surface area (Å²) >= 11 is 0. The minimum Gasteiger partial charge on any atom is -0.396 e. The summed E-state index contributed by atoms with van der Waals surface area (Å²) in [5.74, 6) is 1.40. The lowest BCUT2D eigenvalue weighted by atomic mass is 9.86. The fraction of sp³-hybridized carbons (Fsp3) is 0.615. The van der Waals surface area contributed by atoms with Gasteiger partial charge in [0.15, 0.2) is 0 Å². The maximum atomic E-state index is 9.10. The van der Waals surface area contributed by atoms with Crippen molar-refractivity contribution in [3.63, 3.8) is 0 Å². The van der Waals surface area contributed by atoms with Crippen LogP contribution in [-0.4, -0.2) is 29.8 Å². The molecule has 0 unspecified atom stereocenters. The van der Waals surface area contributed by atoms with Crippen molar-refractivity contribution >= 4 is 11.5 Å². The number of hydrogen-bond acceptors (Lipinski definition) is 4. The zero-order valence-electron chi connectivity index (χ0n) is 10.3. The Balaban J connectivity index is 1.88. The minimum absolute atomic E-state index is 0.339. The molecule has 0 atom stereocenters. The molecule has 0 amide bonds. The minimum atomic E-state index is 0.339. The third-order valence-corrected chi connectivity index (χ3v) is 3.49. The van der Waals surface area contributed by atoms with Gasteiger partial charge in [-0.15, -0.1) is 0 Å². The highest BCUT2D eigenvalue weighted by Crippen LogP contribution is 2.26. The summed E-state index contributed by atoms with van der Waals surface area (Å²) in [7, 11) is 1.87. The Hall–Kier alpha value is -1.29. The molecule has 1 fully saturated rings. The van der Waals surface area contributed by atoms with Gasteiger partial charge in [-0.25, -0.2) is 4.98 Å². The summed E-state index contributed by atoms with van der Waals surface area (Å²) in [6, 6.07) is 4.56. The van der Waals surface area contributed by atoms with E-state index < -0.39 is 0 Å². The van der Waals surface area contributed by atoms with Gasteiger partial charge in [-0.2, -0.15) is 0 Å². The van der Waals surface area contributed by atoms with E-state index in [0.29, 0.717) is 18.6 Å². The zero-order valence-corrected chi connectivity index (χ0v) is 10.3. The number of anilines is 2. The molecule has 4 nitrogen and oxygen atoms in total.